The zero-order valence-electron chi connectivity index (χ0n) is 61.3. The van der Waals surface area contributed by atoms with Gasteiger partial charge in [-0.1, -0.05) is 157 Å². The van der Waals surface area contributed by atoms with Crippen molar-refractivity contribution in [1.82, 2.24) is 51.0 Å². The molecule has 26 nitrogen and oxygen atoms in total. The molecule has 5 aromatic rings. The lowest BCUT2D eigenvalue weighted by atomic mass is 9.89. The minimum atomic E-state index is -1.26. The fourth-order valence-electron chi connectivity index (χ4n) is 13.5. The number of amides is 7. The number of aliphatic hydroxyl groups excluding tert-OH is 1. The third-order valence-electron chi connectivity index (χ3n) is 19.4. The molecule has 26 heteroatoms. The van der Waals surface area contributed by atoms with Gasteiger partial charge in [-0.25, -0.2) is 9.48 Å². The maximum atomic E-state index is 14.9. The fourth-order valence-corrected chi connectivity index (χ4v) is 13.5. The van der Waals surface area contributed by atoms with E-state index in [1.165, 1.54) is 37.0 Å². The molecule has 1 aromatic heterocycles. The summed E-state index contributed by atoms with van der Waals surface area (Å²) in [4.78, 5) is 144. The SMILES string of the molecule is CC[C@H](C)[C@@H]([C@@H](CC(=O)N1CCC[C@H]1[C@H](OC)[C@@H](C)C(=O)N[C@H](C)[C@@H](O)c1ccccc1)OC)N(C)C(=O)[C@@H](NC(=O)[C@H](C(C)C)N(C)C(=O)OCc1ccc(CC(=O)[C@H](CCN)NC(=O)[C@@H](CC(=O)[C@H](CCC(=O)O)NC(=O)Cn2cc(C)nn2)Cc2ccc3ccccc3c2)cc1)C(C)C. The quantitative estimate of drug-likeness (QED) is 0.0222. The lowest BCUT2D eigenvalue weighted by molar-refractivity contribution is -0.148. The van der Waals surface area contributed by atoms with Crippen LogP contribution < -0.4 is 27.0 Å². The van der Waals surface area contributed by atoms with Gasteiger partial charge in [0.15, 0.2) is 11.6 Å². The molecule has 8 N–H and O–H groups in total. The summed E-state index contributed by atoms with van der Waals surface area (Å²) < 4.78 is 19.1. The minimum absolute atomic E-state index is 0.0262. The number of carboxylic acid groups (broad SMARTS) is 1. The minimum Gasteiger partial charge on any atom is -0.481 e. The molecule has 102 heavy (non-hydrogen) atoms. The third-order valence-corrected chi connectivity index (χ3v) is 19.4. The maximum Gasteiger partial charge on any atom is 0.410 e. The first-order valence-electron chi connectivity index (χ1n) is 35.3. The molecule has 1 saturated heterocycles. The summed E-state index contributed by atoms with van der Waals surface area (Å²) >= 11 is 0. The van der Waals surface area contributed by atoms with E-state index < -0.39 is 139 Å². The zero-order chi connectivity index (χ0) is 75.1. The number of nitrogens with one attached hydrogen (secondary N) is 4. The number of benzene rings is 4. The number of ketones is 2. The highest BCUT2D eigenvalue weighted by atomic mass is 16.6. The molecule has 1 aliphatic heterocycles. The molecule has 0 radical (unpaired) electrons. The van der Waals surface area contributed by atoms with Crippen LogP contribution in [0.2, 0.25) is 0 Å². The summed E-state index contributed by atoms with van der Waals surface area (Å²) in [5.41, 5.74) is 9.09. The van der Waals surface area contributed by atoms with Crippen LogP contribution in [-0.2, 0) is 83.4 Å². The number of likely N-dealkylation sites (N-methyl/N-ethyl adjacent to an activating group) is 2. The number of hydrogen-bond donors (Lipinski definition) is 7. The van der Waals surface area contributed by atoms with Gasteiger partial charge in [0, 0.05) is 66.2 Å². The summed E-state index contributed by atoms with van der Waals surface area (Å²) in [5, 5.41) is 41.5. The van der Waals surface area contributed by atoms with Gasteiger partial charge in [-0.15, -0.1) is 5.10 Å². The number of carboxylic acids is 1. The molecule has 0 aliphatic carbocycles. The number of Topliss-reactive ketones (excluding diaryl/α,β-unsaturated/α-hetero) is 2. The van der Waals surface area contributed by atoms with Crippen molar-refractivity contribution in [3.63, 3.8) is 0 Å². The molecule has 7 amide bonds. The van der Waals surface area contributed by atoms with Gasteiger partial charge in [-0.3, -0.25) is 48.1 Å². The Labute approximate surface area is 598 Å². The molecule has 2 heterocycles. The van der Waals surface area contributed by atoms with Gasteiger partial charge >= 0.3 is 12.1 Å². The number of aliphatic carboxylic acids is 1. The summed E-state index contributed by atoms with van der Waals surface area (Å²) in [6.45, 7) is 16.2. The number of ether oxygens (including phenoxy) is 3. The topological polar surface area (TPSA) is 353 Å². The number of nitrogens with zero attached hydrogens (tertiary/aromatic N) is 6. The molecule has 0 saturated carbocycles. The van der Waals surface area contributed by atoms with Crippen LogP contribution in [0, 0.1) is 36.5 Å². The Morgan fingerprint density at radius 3 is 1.97 bits per heavy atom. The molecule has 1 fully saturated rings. The number of aliphatic hydroxyl groups is 1. The van der Waals surface area contributed by atoms with E-state index in [0.717, 1.165) is 16.3 Å². The van der Waals surface area contributed by atoms with Crippen molar-refractivity contribution in [1.29, 1.82) is 0 Å². The van der Waals surface area contributed by atoms with Gasteiger partial charge in [-0.2, -0.15) is 0 Å². The Balaban J connectivity index is 1.07. The van der Waals surface area contributed by atoms with Gasteiger partial charge in [-0.05, 0) is 103 Å². The first-order chi connectivity index (χ1) is 48.5. The molecule has 6 rings (SSSR count). The zero-order valence-corrected chi connectivity index (χ0v) is 61.3. The molecule has 556 valence electrons. The maximum absolute atomic E-state index is 14.9. The normalized spacial score (nSPS) is 16.6. The van der Waals surface area contributed by atoms with Crippen molar-refractivity contribution in [2.24, 2.45) is 35.3 Å². The average molecular weight is 1410 g/mol. The predicted molar refractivity (Wildman–Crippen MR) is 384 cm³/mol. The second-order valence-corrected chi connectivity index (χ2v) is 27.8. The lowest BCUT2D eigenvalue weighted by Gasteiger charge is -2.41. The van der Waals surface area contributed by atoms with Crippen molar-refractivity contribution < 1.29 is 72.4 Å². The Morgan fingerprint density at radius 1 is 0.716 bits per heavy atom. The van der Waals surface area contributed by atoms with Crippen molar-refractivity contribution in [3.05, 3.63) is 131 Å². The van der Waals surface area contributed by atoms with Crippen LogP contribution in [0.3, 0.4) is 0 Å². The van der Waals surface area contributed by atoms with E-state index in [-0.39, 0.29) is 75.3 Å². The summed E-state index contributed by atoms with van der Waals surface area (Å²) in [7, 11) is 6.09. The fraction of sp³-hybridized carbons (Fsp3) is 0.553. The Kier molecular flexibility index (Phi) is 31.7. The Morgan fingerprint density at radius 2 is 1.36 bits per heavy atom. The van der Waals surface area contributed by atoms with Crippen LogP contribution in [0.25, 0.3) is 10.8 Å². The van der Waals surface area contributed by atoms with Crippen molar-refractivity contribution in [2.75, 3.05) is 41.4 Å². The van der Waals surface area contributed by atoms with Crippen LogP contribution in [0.1, 0.15) is 141 Å². The van der Waals surface area contributed by atoms with Crippen LogP contribution in [0.4, 0.5) is 4.79 Å². The molecule has 0 bridgehead atoms. The van der Waals surface area contributed by atoms with Crippen LogP contribution >= 0.6 is 0 Å². The number of hydrogen-bond acceptors (Lipinski definition) is 17. The lowest BCUT2D eigenvalue weighted by Crippen LogP contribution is -2.60. The van der Waals surface area contributed by atoms with E-state index in [9.17, 15) is 58.2 Å². The number of carbonyl (C=O) groups is 10. The number of likely N-dealkylation sites (tertiary alicyclic amines) is 1. The number of aryl methyl sites for hydroxylation is 1. The number of nitrogens with two attached hydrogens (primary N) is 1. The monoisotopic (exact) mass is 1410 g/mol. The predicted octanol–water partition coefficient (Wildman–Crippen LogP) is 6.45. The van der Waals surface area contributed by atoms with Gasteiger partial charge in [0.1, 0.15) is 25.2 Å². The van der Waals surface area contributed by atoms with Crippen molar-refractivity contribution in [2.45, 2.75) is 200 Å². The largest absolute Gasteiger partial charge is 0.481 e. The molecule has 13 atom stereocenters. The highest BCUT2D eigenvalue weighted by Crippen LogP contribution is 2.31. The van der Waals surface area contributed by atoms with Gasteiger partial charge in [0.2, 0.25) is 35.4 Å². The van der Waals surface area contributed by atoms with E-state index in [1.807, 2.05) is 74.5 Å². The number of aromatic nitrogens is 3. The highest BCUT2D eigenvalue weighted by Gasteiger charge is 2.44. The second kappa shape index (κ2) is 39.4. The number of rotatable bonds is 40. The smallest absolute Gasteiger partial charge is 0.410 e. The van der Waals surface area contributed by atoms with E-state index in [4.69, 9.17) is 19.9 Å². The van der Waals surface area contributed by atoms with Gasteiger partial charge in [0.05, 0.1) is 66.6 Å². The molecule has 1 aliphatic rings. The van der Waals surface area contributed by atoms with Gasteiger partial charge < -0.3 is 61.2 Å². The third kappa shape index (κ3) is 23.0. The van der Waals surface area contributed by atoms with Gasteiger partial charge in [0.25, 0.3) is 0 Å². The summed E-state index contributed by atoms with van der Waals surface area (Å²) in [6, 6.07) is 22.9. The number of fused-ring (bicyclic) bond motifs is 1. The van der Waals surface area contributed by atoms with E-state index in [0.29, 0.717) is 48.2 Å². The Hall–Kier alpha value is -8.98. The van der Waals surface area contributed by atoms with Crippen LogP contribution in [-0.4, -0.2) is 195 Å². The van der Waals surface area contributed by atoms with E-state index >= 15 is 0 Å². The number of carbonyl (C=O) groups excluding carboxylic acids is 9. The van der Waals surface area contributed by atoms with E-state index in [2.05, 4.69) is 31.6 Å². The molecule has 4 aromatic carbocycles. The van der Waals surface area contributed by atoms with Crippen molar-refractivity contribution >= 4 is 69.8 Å². The van der Waals surface area contributed by atoms with Crippen molar-refractivity contribution in [3.8, 4) is 0 Å². The van der Waals surface area contributed by atoms with Crippen LogP contribution in [0.15, 0.2) is 103 Å². The summed E-state index contributed by atoms with van der Waals surface area (Å²) in [6.07, 6.45) is -0.986. The van der Waals surface area contributed by atoms with Crippen LogP contribution in [0.5, 0.6) is 0 Å². The number of methoxy groups -OCH3 is 2. The average Bonchev–Trinajstić information content (AvgIpc) is 1.53. The molecule has 0 spiro atoms. The molecular weight excluding hydrogens is 1310 g/mol. The summed E-state index contributed by atoms with van der Waals surface area (Å²) in [5.74, 6) is -7.76. The standard InChI is InChI=1S/C76H107N11O15/c1-14-47(6)69(63(100-12)41-65(91)87-36-20-25-60(87)71(101-13)49(8)72(95)78-50(9)70(94)55-22-16-15-17-23-55)84(10)75(98)67(45(2)3)81-74(97)68(46(4)5)85(11)76(99)102-44-52-28-26-51(27-29-52)39-61(88)59(34-35-77)80-73(96)57(38-53-30-31-54-21-18-19-24-56(54)37-53)40-62(89)58(32-33-66(92)93)79-64(90)43-86-42-48(7)82-83-86/h15-19,21-24,26-31,37,42,45-47,49-50,57-60,63,67-71,94H,14,20,25,32-36,38-41,43-44,77H2,1-13H3,(H,78,95)(H,79,90)(H,80,96)(H,81,97)(H,92,93)/t47-,49+,50+,57+,58-,59-,60-,63+,67-,68-,69-,70+,71+/m0/s1. The first-order valence-corrected chi connectivity index (χ1v) is 35.3. The molecule has 0 unspecified atom stereocenters. The highest BCUT2D eigenvalue weighted by molar-refractivity contribution is 5.96. The second-order valence-electron chi connectivity index (χ2n) is 27.8. The van der Waals surface area contributed by atoms with E-state index in [1.54, 1.807) is 102 Å². The molecular formula is C76H107N11O15. The Bertz CT molecular complexity index is 3630. The first kappa shape index (κ1) is 82.0.